The molecule has 2 aromatic rings. The molecule has 0 aliphatic heterocycles. The monoisotopic (exact) mass is 292 g/mol. The van der Waals surface area contributed by atoms with Crippen molar-refractivity contribution in [3.63, 3.8) is 0 Å². The quantitative estimate of drug-likeness (QED) is 0.796. The molecular formula is C15H20N2O2S. The Morgan fingerprint density at radius 1 is 1.25 bits per heavy atom. The third kappa shape index (κ3) is 4.21. The van der Waals surface area contributed by atoms with Gasteiger partial charge in [0.2, 0.25) is 0 Å². The Hall–Kier alpha value is -1.59. The molecule has 0 fully saturated rings. The van der Waals surface area contributed by atoms with Crippen molar-refractivity contribution in [2.24, 2.45) is 0 Å². The zero-order valence-corrected chi connectivity index (χ0v) is 12.9. The Morgan fingerprint density at radius 2 is 1.95 bits per heavy atom. The van der Waals surface area contributed by atoms with Gasteiger partial charge in [0.05, 0.1) is 13.2 Å². The Morgan fingerprint density at radius 3 is 2.55 bits per heavy atom. The molecule has 0 aliphatic rings. The summed E-state index contributed by atoms with van der Waals surface area (Å²) in [4.78, 5) is 5.61. The molecule has 0 amide bonds. The fraction of sp³-hybridized carbons (Fsp3) is 0.400. The summed E-state index contributed by atoms with van der Waals surface area (Å²) in [6.07, 6.45) is 1.91. The average molecular weight is 292 g/mol. The van der Waals surface area contributed by atoms with Gasteiger partial charge in [0.15, 0.2) is 0 Å². The Kier molecular flexibility index (Phi) is 5.38. The van der Waals surface area contributed by atoms with Crippen LogP contribution in [-0.2, 0) is 0 Å². The number of rotatable bonds is 7. The zero-order chi connectivity index (χ0) is 14.4. The van der Waals surface area contributed by atoms with Crippen LogP contribution < -0.4 is 14.8 Å². The molecule has 2 rings (SSSR count). The minimum Gasteiger partial charge on any atom is -0.497 e. The molecule has 0 saturated carbocycles. The van der Waals surface area contributed by atoms with E-state index < -0.39 is 0 Å². The molecule has 0 bridgehead atoms. The molecule has 0 radical (unpaired) electrons. The highest BCUT2D eigenvalue weighted by atomic mass is 32.1. The van der Waals surface area contributed by atoms with Crippen molar-refractivity contribution in [1.29, 1.82) is 0 Å². The average Bonchev–Trinajstić information content (AvgIpc) is 2.91. The molecule has 1 unspecified atom stereocenters. The smallest absolute Gasteiger partial charge is 0.119 e. The van der Waals surface area contributed by atoms with Gasteiger partial charge in [-0.15, -0.1) is 11.3 Å². The predicted molar refractivity (Wildman–Crippen MR) is 81.8 cm³/mol. The summed E-state index contributed by atoms with van der Waals surface area (Å²) in [5.74, 6) is 1.69. The van der Waals surface area contributed by atoms with Gasteiger partial charge in [-0.25, -0.2) is 4.98 Å². The topological polar surface area (TPSA) is 43.4 Å². The predicted octanol–water partition coefficient (Wildman–Crippen LogP) is 3.19. The summed E-state index contributed by atoms with van der Waals surface area (Å²) in [5.41, 5.74) is 0. The van der Waals surface area contributed by atoms with E-state index in [-0.39, 0.29) is 6.04 Å². The first-order valence-corrected chi connectivity index (χ1v) is 7.43. The highest BCUT2D eigenvalue weighted by Gasteiger charge is 2.08. The summed E-state index contributed by atoms with van der Waals surface area (Å²) in [7, 11) is 1.65. The van der Waals surface area contributed by atoms with E-state index in [0.29, 0.717) is 6.61 Å². The van der Waals surface area contributed by atoms with Crippen LogP contribution in [0.2, 0.25) is 0 Å². The van der Waals surface area contributed by atoms with E-state index in [0.717, 1.165) is 23.1 Å². The Balaban J connectivity index is 1.70. The van der Waals surface area contributed by atoms with Crippen LogP contribution >= 0.6 is 11.3 Å². The van der Waals surface area contributed by atoms with Crippen molar-refractivity contribution >= 4 is 11.3 Å². The summed E-state index contributed by atoms with van der Waals surface area (Å²) in [6, 6.07) is 7.86. The third-order valence-electron chi connectivity index (χ3n) is 2.89. The lowest BCUT2D eigenvalue weighted by Gasteiger charge is -2.12. The van der Waals surface area contributed by atoms with Gasteiger partial charge in [0.1, 0.15) is 23.1 Å². The number of hydrogen-bond acceptors (Lipinski definition) is 5. The first kappa shape index (κ1) is 14.8. The second-order valence-corrected chi connectivity index (χ2v) is 5.78. The van der Waals surface area contributed by atoms with Crippen molar-refractivity contribution in [3.8, 4) is 11.5 Å². The van der Waals surface area contributed by atoms with Gasteiger partial charge in [0, 0.05) is 17.6 Å². The van der Waals surface area contributed by atoms with E-state index >= 15 is 0 Å². The van der Waals surface area contributed by atoms with Gasteiger partial charge in [-0.3, -0.25) is 0 Å². The van der Waals surface area contributed by atoms with E-state index in [1.807, 2.05) is 30.5 Å². The number of nitrogens with one attached hydrogen (secondary N) is 1. The van der Waals surface area contributed by atoms with Gasteiger partial charge in [-0.05, 0) is 38.1 Å². The molecule has 0 spiro atoms. The van der Waals surface area contributed by atoms with Gasteiger partial charge in [0.25, 0.3) is 0 Å². The number of methoxy groups -OCH3 is 1. The highest BCUT2D eigenvalue weighted by Crippen LogP contribution is 2.19. The number of ether oxygens (including phenoxy) is 2. The van der Waals surface area contributed by atoms with Gasteiger partial charge in [-0.2, -0.15) is 0 Å². The van der Waals surface area contributed by atoms with E-state index in [4.69, 9.17) is 9.47 Å². The second-order valence-electron chi connectivity index (χ2n) is 4.51. The van der Waals surface area contributed by atoms with Crippen molar-refractivity contribution < 1.29 is 9.47 Å². The number of thiazole rings is 1. The standard InChI is InChI=1S/C15H20N2O2S/c1-11-10-17-15(20-11)12(2)16-8-9-19-14-6-4-13(18-3)5-7-14/h4-7,10,12,16H,8-9H2,1-3H3. The van der Waals surface area contributed by atoms with Crippen molar-refractivity contribution in [3.05, 3.63) is 40.3 Å². The summed E-state index contributed by atoms with van der Waals surface area (Å²) >= 11 is 1.73. The van der Waals surface area contributed by atoms with Crippen LogP contribution in [0.15, 0.2) is 30.5 Å². The van der Waals surface area contributed by atoms with Crippen LogP contribution in [0.4, 0.5) is 0 Å². The van der Waals surface area contributed by atoms with E-state index in [2.05, 4.69) is 24.1 Å². The lowest BCUT2D eigenvalue weighted by atomic mass is 10.3. The van der Waals surface area contributed by atoms with Crippen LogP contribution in [-0.4, -0.2) is 25.2 Å². The van der Waals surface area contributed by atoms with Crippen molar-refractivity contribution in [1.82, 2.24) is 10.3 Å². The minimum absolute atomic E-state index is 0.258. The molecule has 1 aromatic heterocycles. The fourth-order valence-electron chi connectivity index (χ4n) is 1.78. The Labute approximate surface area is 123 Å². The Bertz CT molecular complexity index is 525. The molecule has 108 valence electrons. The van der Waals surface area contributed by atoms with Crippen LogP contribution in [0.3, 0.4) is 0 Å². The van der Waals surface area contributed by atoms with Crippen LogP contribution in [0, 0.1) is 6.92 Å². The number of aryl methyl sites for hydroxylation is 1. The molecule has 1 heterocycles. The zero-order valence-electron chi connectivity index (χ0n) is 12.1. The first-order chi connectivity index (χ1) is 9.69. The molecule has 5 heteroatoms. The number of benzene rings is 1. The molecule has 0 saturated heterocycles. The molecule has 1 aromatic carbocycles. The maximum Gasteiger partial charge on any atom is 0.119 e. The van der Waals surface area contributed by atoms with Gasteiger partial charge < -0.3 is 14.8 Å². The number of aromatic nitrogens is 1. The van der Waals surface area contributed by atoms with Crippen molar-refractivity contribution in [2.45, 2.75) is 19.9 Å². The molecule has 0 aliphatic carbocycles. The SMILES string of the molecule is COc1ccc(OCCNC(C)c2ncc(C)s2)cc1. The van der Waals surface area contributed by atoms with E-state index in [1.54, 1.807) is 18.4 Å². The lowest BCUT2D eigenvalue weighted by molar-refractivity contribution is 0.307. The second kappa shape index (κ2) is 7.26. The summed E-state index contributed by atoms with van der Waals surface area (Å²) in [6.45, 7) is 5.60. The molecule has 1 N–H and O–H groups in total. The number of hydrogen-bond donors (Lipinski definition) is 1. The number of nitrogens with zero attached hydrogens (tertiary/aromatic N) is 1. The fourth-order valence-corrected chi connectivity index (χ4v) is 2.58. The summed E-state index contributed by atoms with van der Waals surface area (Å²) < 4.78 is 10.8. The molecular weight excluding hydrogens is 272 g/mol. The lowest BCUT2D eigenvalue weighted by Crippen LogP contribution is -2.24. The van der Waals surface area contributed by atoms with Crippen LogP contribution in [0.1, 0.15) is 22.9 Å². The van der Waals surface area contributed by atoms with Gasteiger partial charge in [-0.1, -0.05) is 0 Å². The molecule has 4 nitrogen and oxygen atoms in total. The van der Waals surface area contributed by atoms with Crippen molar-refractivity contribution in [2.75, 3.05) is 20.3 Å². The van der Waals surface area contributed by atoms with E-state index in [9.17, 15) is 0 Å². The maximum atomic E-state index is 5.66. The van der Waals surface area contributed by atoms with E-state index in [1.165, 1.54) is 4.88 Å². The largest absolute Gasteiger partial charge is 0.497 e. The molecule has 20 heavy (non-hydrogen) atoms. The third-order valence-corrected chi connectivity index (χ3v) is 3.99. The first-order valence-electron chi connectivity index (χ1n) is 6.61. The maximum absolute atomic E-state index is 5.66. The van der Waals surface area contributed by atoms with Crippen LogP contribution in [0.25, 0.3) is 0 Å². The molecule has 1 atom stereocenters. The van der Waals surface area contributed by atoms with Gasteiger partial charge >= 0.3 is 0 Å². The van der Waals surface area contributed by atoms with Crippen LogP contribution in [0.5, 0.6) is 11.5 Å². The minimum atomic E-state index is 0.258. The highest BCUT2D eigenvalue weighted by molar-refractivity contribution is 7.11. The normalized spacial score (nSPS) is 12.2. The summed E-state index contributed by atoms with van der Waals surface area (Å²) in [5, 5.41) is 4.52.